The van der Waals surface area contributed by atoms with Gasteiger partial charge in [0.25, 0.3) is 5.69 Å². The van der Waals surface area contributed by atoms with Gasteiger partial charge in [0.1, 0.15) is 5.82 Å². The number of aryl methyl sites for hydroxylation is 1. The number of carbonyl (C=O) groups excluding carboxylic acids is 1. The molecule has 0 bridgehead atoms. The second-order valence-corrected chi connectivity index (χ2v) is 4.89. The average Bonchev–Trinajstić information content (AvgIpc) is 2.46. The number of nitro groups is 1. The van der Waals surface area contributed by atoms with Crippen LogP contribution in [0.2, 0.25) is 0 Å². The van der Waals surface area contributed by atoms with Crippen LogP contribution in [0, 0.1) is 23.0 Å². The van der Waals surface area contributed by atoms with Crippen LogP contribution in [0.4, 0.5) is 11.5 Å². The predicted octanol–water partition coefficient (Wildman–Crippen LogP) is 1.69. The Bertz CT molecular complexity index is 532. The zero-order valence-corrected chi connectivity index (χ0v) is 11.5. The number of anilines is 1. The zero-order chi connectivity index (χ0) is 14.7. The van der Waals surface area contributed by atoms with E-state index in [4.69, 9.17) is 4.74 Å². The Kier molecular flexibility index (Phi) is 4.16. The first-order chi connectivity index (χ1) is 9.52. The van der Waals surface area contributed by atoms with Crippen molar-refractivity contribution in [1.29, 1.82) is 0 Å². The molecule has 2 heterocycles. The molecule has 0 radical (unpaired) electrons. The summed E-state index contributed by atoms with van der Waals surface area (Å²) in [6, 6.07) is 1.47. The number of hydrogen-bond acceptors (Lipinski definition) is 6. The maximum atomic E-state index is 11.6. The summed E-state index contributed by atoms with van der Waals surface area (Å²) in [5, 5.41) is 11.0. The number of nitrogens with zero attached hydrogens (tertiary/aromatic N) is 3. The van der Waals surface area contributed by atoms with Crippen molar-refractivity contribution in [3.63, 3.8) is 0 Å². The summed E-state index contributed by atoms with van der Waals surface area (Å²) >= 11 is 0. The number of carbonyl (C=O) groups is 1. The lowest BCUT2D eigenvalue weighted by Crippen LogP contribution is -2.39. The number of ether oxygens (including phenoxy) is 1. The fraction of sp³-hybridized carbons (Fsp3) is 0.538. The summed E-state index contributed by atoms with van der Waals surface area (Å²) in [6.07, 6.45) is 3.11. The minimum absolute atomic E-state index is 0.0511. The summed E-state index contributed by atoms with van der Waals surface area (Å²) in [6.45, 7) is 2.88. The van der Waals surface area contributed by atoms with Crippen LogP contribution in [-0.2, 0) is 9.53 Å². The third-order valence-electron chi connectivity index (χ3n) is 3.54. The molecule has 2 rings (SSSR count). The Morgan fingerprint density at radius 3 is 3.00 bits per heavy atom. The normalized spacial score (nSPS) is 18.7. The first-order valence-electron chi connectivity index (χ1n) is 6.46. The van der Waals surface area contributed by atoms with E-state index in [0.29, 0.717) is 17.9 Å². The quantitative estimate of drug-likeness (QED) is 0.475. The summed E-state index contributed by atoms with van der Waals surface area (Å²) in [7, 11) is 1.37. The van der Waals surface area contributed by atoms with E-state index in [1.165, 1.54) is 19.4 Å². The molecule has 1 atom stereocenters. The molecule has 0 spiro atoms. The van der Waals surface area contributed by atoms with Crippen LogP contribution < -0.4 is 4.90 Å². The number of hydrogen-bond donors (Lipinski definition) is 0. The van der Waals surface area contributed by atoms with Crippen molar-refractivity contribution >= 4 is 17.5 Å². The summed E-state index contributed by atoms with van der Waals surface area (Å²) in [5.41, 5.74) is 0.579. The Labute approximate surface area is 116 Å². The van der Waals surface area contributed by atoms with E-state index in [2.05, 4.69) is 4.98 Å². The summed E-state index contributed by atoms with van der Waals surface area (Å²) < 4.78 is 4.76. The van der Waals surface area contributed by atoms with Crippen LogP contribution in [0.15, 0.2) is 12.3 Å². The first kappa shape index (κ1) is 14.2. The van der Waals surface area contributed by atoms with E-state index < -0.39 is 4.92 Å². The molecule has 1 aromatic rings. The zero-order valence-electron chi connectivity index (χ0n) is 11.5. The van der Waals surface area contributed by atoms with Crippen LogP contribution in [-0.4, -0.2) is 36.1 Å². The molecule has 1 aromatic heterocycles. The largest absolute Gasteiger partial charge is 0.469 e. The van der Waals surface area contributed by atoms with E-state index in [-0.39, 0.29) is 17.6 Å². The highest BCUT2D eigenvalue weighted by Gasteiger charge is 2.28. The van der Waals surface area contributed by atoms with Gasteiger partial charge in [-0.25, -0.2) is 4.98 Å². The smallest absolute Gasteiger partial charge is 0.310 e. The van der Waals surface area contributed by atoms with Crippen molar-refractivity contribution in [2.75, 3.05) is 25.1 Å². The lowest BCUT2D eigenvalue weighted by atomic mass is 9.98. The minimum atomic E-state index is -0.414. The van der Waals surface area contributed by atoms with Gasteiger partial charge in [-0.15, -0.1) is 0 Å². The van der Waals surface area contributed by atoms with Gasteiger partial charge in [-0.2, -0.15) is 0 Å². The fourth-order valence-corrected chi connectivity index (χ4v) is 2.42. The number of esters is 1. The van der Waals surface area contributed by atoms with Gasteiger partial charge in [-0.1, -0.05) is 0 Å². The van der Waals surface area contributed by atoms with Crippen LogP contribution in [0.3, 0.4) is 0 Å². The molecule has 20 heavy (non-hydrogen) atoms. The van der Waals surface area contributed by atoms with Crippen molar-refractivity contribution < 1.29 is 14.5 Å². The van der Waals surface area contributed by atoms with Gasteiger partial charge in [0, 0.05) is 24.8 Å². The lowest BCUT2D eigenvalue weighted by Gasteiger charge is -2.32. The molecule has 0 saturated carbocycles. The SMILES string of the molecule is COC(=O)C1CCCN(c2cc([N+](=O)[O-])c(C)cn2)C1. The second kappa shape index (κ2) is 5.85. The molecule has 108 valence electrons. The Balaban J connectivity index is 2.21. The number of methoxy groups -OCH3 is 1. The monoisotopic (exact) mass is 279 g/mol. The second-order valence-electron chi connectivity index (χ2n) is 4.89. The maximum Gasteiger partial charge on any atom is 0.310 e. The van der Waals surface area contributed by atoms with Gasteiger partial charge in [0.15, 0.2) is 0 Å². The standard InChI is InChI=1S/C13H17N3O4/c1-9-7-14-12(6-11(9)16(18)19)15-5-3-4-10(8-15)13(17)20-2/h6-7,10H,3-5,8H2,1-2H3. The molecule has 0 aromatic carbocycles. The average molecular weight is 279 g/mol. The maximum absolute atomic E-state index is 11.6. The molecule has 7 nitrogen and oxygen atoms in total. The molecule has 1 saturated heterocycles. The Morgan fingerprint density at radius 1 is 1.60 bits per heavy atom. The van der Waals surface area contributed by atoms with Crippen LogP contribution in [0.5, 0.6) is 0 Å². The minimum Gasteiger partial charge on any atom is -0.469 e. The molecule has 7 heteroatoms. The molecule has 1 unspecified atom stereocenters. The van der Waals surface area contributed by atoms with Gasteiger partial charge < -0.3 is 9.64 Å². The third kappa shape index (κ3) is 2.87. The number of rotatable bonds is 3. The van der Waals surface area contributed by atoms with Gasteiger partial charge in [-0.05, 0) is 19.8 Å². The molecule has 1 fully saturated rings. The van der Waals surface area contributed by atoms with Crippen molar-refractivity contribution in [2.24, 2.45) is 5.92 Å². The van der Waals surface area contributed by atoms with Crippen LogP contribution in [0.25, 0.3) is 0 Å². The van der Waals surface area contributed by atoms with Crippen molar-refractivity contribution in [3.8, 4) is 0 Å². The summed E-state index contributed by atoms with van der Waals surface area (Å²) in [4.78, 5) is 28.3. The van der Waals surface area contributed by atoms with Gasteiger partial charge >= 0.3 is 5.97 Å². The van der Waals surface area contributed by atoms with E-state index in [0.717, 1.165) is 19.4 Å². The van der Waals surface area contributed by atoms with E-state index >= 15 is 0 Å². The molecule has 0 aliphatic carbocycles. The molecule has 1 aliphatic rings. The molecule has 1 aliphatic heterocycles. The Morgan fingerprint density at radius 2 is 2.35 bits per heavy atom. The molecule has 0 N–H and O–H groups in total. The van der Waals surface area contributed by atoms with Gasteiger partial charge in [0.05, 0.1) is 24.0 Å². The van der Waals surface area contributed by atoms with E-state index in [1.54, 1.807) is 6.92 Å². The number of pyridine rings is 1. The van der Waals surface area contributed by atoms with Gasteiger partial charge in [0.2, 0.25) is 0 Å². The highest BCUT2D eigenvalue weighted by molar-refractivity contribution is 5.73. The lowest BCUT2D eigenvalue weighted by molar-refractivity contribution is -0.385. The van der Waals surface area contributed by atoms with Gasteiger partial charge in [-0.3, -0.25) is 14.9 Å². The first-order valence-corrected chi connectivity index (χ1v) is 6.46. The van der Waals surface area contributed by atoms with Crippen LogP contribution >= 0.6 is 0 Å². The topological polar surface area (TPSA) is 85.6 Å². The molecule has 0 amide bonds. The van der Waals surface area contributed by atoms with Crippen molar-refractivity contribution in [2.45, 2.75) is 19.8 Å². The third-order valence-corrected chi connectivity index (χ3v) is 3.54. The highest BCUT2D eigenvalue weighted by Crippen LogP contribution is 2.26. The number of aromatic nitrogens is 1. The van der Waals surface area contributed by atoms with Crippen molar-refractivity contribution in [3.05, 3.63) is 27.9 Å². The number of piperidine rings is 1. The fourth-order valence-electron chi connectivity index (χ4n) is 2.42. The van der Waals surface area contributed by atoms with E-state index in [9.17, 15) is 14.9 Å². The predicted molar refractivity (Wildman–Crippen MR) is 72.6 cm³/mol. The Hall–Kier alpha value is -2.18. The van der Waals surface area contributed by atoms with Crippen LogP contribution in [0.1, 0.15) is 18.4 Å². The molecular weight excluding hydrogens is 262 g/mol. The summed E-state index contributed by atoms with van der Waals surface area (Å²) in [5.74, 6) is 0.100. The van der Waals surface area contributed by atoms with Crippen molar-refractivity contribution in [1.82, 2.24) is 4.98 Å². The molecular formula is C13H17N3O4. The highest BCUT2D eigenvalue weighted by atomic mass is 16.6. The van der Waals surface area contributed by atoms with E-state index in [1.807, 2.05) is 4.90 Å².